The van der Waals surface area contributed by atoms with E-state index < -0.39 is 5.82 Å². The molecule has 4 heteroatoms. The lowest BCUT2D eigenvalue weighted by molar-refractivity contribution is 0.0141. The molecule has 0 aromatic heterocycles. The van der Waals surface area contributed by atoms with E-state index in [0.717, 1.165) is 0 Å². The summed E-state index contributed by atoms with van der Waals surface area (Å²) in [5.74, 6) is -0.733. The first-order chi connectivity index (χ1) is 7.87. The van der Waals surface area contributed by atoms with Crippen molar-refractivity contribution < 1.29 is 13.9 Å². The molecule has 1 aromatic carbocycles. The van der Waals surface area contributed by atoms with Crippen molar-refractivity contribution in [2.45, 2.75) is 32.3 Å². The molecule has 0 aliphatic heterocycles. The summed E-state index contributed by atoms with van der Waals surface area (Å²) in [5.41, 5.74) is -0.131. The number of hydrogen-bond acceptors (Lipinski definition) is 2. The molecule has 0 aliphatic rings. The van der Waals surface area contributed by atoms with E-state index >= 15 is 0 Å². The summed E-state index contributed by atoms with van der Waals surface area (Å²) < 4.78 is 18.4. The molecule has 0 N–H and O–H groups in total. The number of Topliss-reactive ketones (excluding diaryl/α,β-unsaturated/α-hetero) is 1. The van der Waals surface area contributed by atoms with Crippen LogP contribution in [0.2, 0.25) is 5.02 Å². The maximum absolute atomic E-state index is 13.2. The molecule has 0 atom stereocenters. The first-order valence-electron chi connectivity index (χ1n) is 5.40. The zero-order valence-corrected chi connectivity index (χ0v) is 11.0. The van der Waals surface area contributed by atoms with Gasteiger partial charge in [0, 0.05) is 19.1 Å². The summed E-state index contributed by atoms with van der Waals surface area (Å²) in [6, 6.07) is 4.25. The lowest BCUT2D eigenvalue weighted by atomic mass is 9.98. The van der Waals surface area contributed by atoms with Crippen molar-refractivity contribution in [1.29, 1.82) is 0 Å². The largest absolute Gasteiger partial charge is 0.379 e. The zero-order chi connectivity index (χ0) is 13.1. The van der Waals surface area contributed by atoms with Gasteiger partial charge in [0.25, 0.3) is 0 Å². The van der Waals surface area contributed by atoms with Crippen LogP contribution in [0, 0.1) is 5.82 Å². The first kappa shape index (κ1) is 14.1. The van der Waals surface area contributed by atoms with Crippen molar-refractivity contribution in [1.82, 2.24) is 0 Å². The molecular weight excluding hydrogens is 243 g/mol. The Labute approximate surface area is 106 Å². The maximum Gasteiger partial charge on any atom is 0.164 e. The smallest absolute Gasteiger partial charge is 0.164 e. The Kier molecular flexibility index (Phi) is 4.66. The lowest BCUT2D eigenvalue weighted by Gasteiger charge is -2.22. The Hall–Kier alpha value is -0.930. The van der Waals surface area contributed by atoms with E-state index in [1.54, 1.807) is 7.11 Å². The van der Waals surface area contributed by atoms with Crippen LogP contribution in [0.25, 0.3) is 0 Å². The number of benzene rings is 1. The molecule has 1 rings (SSSR count). The molecule has 1 aromatic rings. The summed E-state index contributed by atoms with van der Waals surface area (Å²) >= 11 is 5.74. The minimum Gasteiger partial charge on any atom is -0.379 e. The van der Waals surface area contributed by atoms with Gasteiger partial charge in [-0.2, -0.15) is 0 Å². The van der Waals surface area contributed by atoms with Crippen LogP contribution in [0.3, 0.4) is 0 Å². The summed E-state index contributed by atoms with van der Waals surface area (Å²) in [7, 11) is 1.60. The topological polar surface area (TPSA) is 26.3 Å². The highest BCUT2D eigenvalue weighted by atomic mass is 35.5. The molecule has 0 spiro atoms. The molecule has 0 amide bonds. The number of methoxy groups -OCH3 is 1. The van der Waals surface area contributed by atoms with Gasteiger partial charge in [-0.25, -0.2) is 4.39 Å². The summed E-state index contributed by atoms with van der Waals surface area (Å²) in [5, 5.41) is -0.104. The Balaban J connectivity index is 2.74. The van der Waals surface area contributed by atoms with Gasteiger partial charge >= 0.3 is 0 Å². The van der Waals surface area contributed by atoms with Crippen LogP contribution in [0.15, 0.2) is 18.2 Å². The second kappa shape index (κ2) is 5.61. The minimum absolute atomic E-state index is 0.104. The van der Waals surface area contributed by atoms with Crippen molar-refractivity contribution >= 4 is 17.4 Å². The Morgan fingerprint density at radius 1 is 1.47 bits per heavy atom. The molecule has 94 valence electrons. The number of carbonyl (C=O) groups is 1. The predicted octanol–water partition coefficient (Wildman–Crippen LogP) is 3.87. The molecule has 0 radical (unpaired) electrons. The van der Waals surface area contributed by atoms with E-state index in [0.29, 0.717) is 6.42 Å². The summed E-state index contributed by atoms with van der Waals surface area (Å²) in [6.45, 7) is 3.79. The molecule has 0 heterocycles. The first-order valence-corrected chi connectivity index (χ1v) is 5.77. The van der Waals surface area contributed by atoms with Crippen molar-refractivity contribution in [3.8, 4) is 0 Å². The van der Waals surface area contributed by atoms with Gasteiger partial charge < -0.3 is 4.74 Å². The van der Waals surface area contributed by atoms with Crippen LogP contribution in [-0.2, 0) is 4.74 Å². The second-order valence-electron chi connectivity index (χ2n) is 4.49. The molecule has 0 bridgehead atoms. The highest BCUT2D eigenvalue weighted by Crippen LogP contribution is 2.23. The molecule has 0 aliphatic carbocycles. The van der Waals surface area contributed by atoms with Gasteiger partial charge in [-0.3, -0.25) is 4.79 Å². The fraction of sp³-hybridized carbons (Fsp3) is 0.462. The SMILES string of the molecule is COC(C)(C)CCC(=O)c1cccc(F)c1Cl. The van der Waals surface area contributed by atoms with E-state index in [-0.39, 0.29) is 28.4 Å². The Morgan fingerprint density at radius 3 is 2.71 bits per heavy atom. The third-order valence-corrected chi connectivity index (χ3v) is 3.14. The molecule has 17 heavy (non-hydrogen) atoms. The third kappa shape index (κ3) is 3.79. The molecule has 2 nitrogen and oxygen atoms in total. The van der Waals surface area contributed by atoms with Gasteiger partial charge in [0.05, 0.1) is 10.6 Å². The molecule has 0 unspecified atom stereocenters. The maximum atomic E-state index is 13.2. The van der Waals surface area contributed by atoms with Gasteiger partial charge in [0.2, 0.25) is 0 Å². The van der Waals surface area contributed by atoms with Crippen LogP contribution in [0.4, 0.5) is 4.39 Å². The fourth-order valence-electron chi connectivity index (χ4n) is 1.37. The standard InChI is InChI=1S/C13H16ClFO2/c1-13(2,17-3)8-7-11(16)9-5-4-6-10(15)12(9)14/h4-6H,7-8H2,1-3H3. The average molecular weight is 259 g/mol. The van der Waals surface area contributed by atoms with Crippen molar-refractivity contribution in [3.63, 3.8) is 0 Å². The van der Waals surface area contributed by atoms with Gasteiger partial charge in [0.1, 0.15) is 5.82 Å². The lowest BCUT2D eigenvalue weighted by Crippen LogP contribution is -2.23. The van der Waals surface area contributed by atoms with Crippen LogP contribution in [0.1, 0.15) is 37.0 Å². The quantitative estimate of drug-likeness (QED) is 0.750. The molecular formula is C13H16ClFO2. The van der Waals surface area contributed by atoms with Gasteiger partial charge in [-0.05, 0) is 32.4 Å². The third-order valence-electron chi connectivity index (χ3n) is 2.76. The van der Waals surface area contributed by atoms with E-state index in [1.807, 2.05) is 13.8 Å². The van der Waals surface area contributed by atoms with Crippen LogP contribution < -0.4 is 0 Å². The fourth-order valence-corrected chi connectivity index (χ4v) is 1.60. The number of ketones is 1. The van der Waals surface area contributed by atoms with E-state index in [1.165, 1.54) is 18.2 Å². The normalized spacial score (nSPS) is 11.6. The zero-order valence-electron chi connectivity index (χ0n) is 10.2. The van der Waals surface area contributed by atoms with Gasteiger partial charge in [-0.15, -0.1) is 0 Å². The Bertz CT molecular complexity index is 416. The number of halogens is 2. The van der Waals surface area contributed by atoms with Gasteiger partial charge in [-0.1, -0.05) is 17.7 Å². The summed E-state index contributed by atoms with van der Waals surface area (Å²) in [4.78, 5) is 11.9. The van der Waals surface area contributed by atoms with Crippen molar-refractivity contribution in [2.24, 2.45) is 0 Å². The number of carbonyl (C=O) groups excluding carboxylic acids is 1. The van der Waals surface area contributed by atoms with Crippen LogP contribution in [-0.4, -0.2) is 18.5 Å². The molecule has 0 fully saturated rings. The average Bonchev–Trinajstić information content (AvgIpc) is 2.30. The van der Waals surface area contributed by atoms with E-state index in [2.05, 4.69) is 0 Å². The Morgan fingerprint density at radius 2 is 2.12 bits per heavy atom. The second-order valence-corrected chi connectivity index (χ2v) is 4.87. The van der Waals surface area contributed by atoms with Crippen molar-refractivity contribution in [3.05, 3.63) is 34.6 Å². The number of rotatable bonds is 5. The van der Waals surface area contributed by atoms with Crippen LogP contribution >= 0.6 is 11.6 Å². The van der Waals surface area contributed by atoms with E-state index in [4.69, 9.17) is 16.3 Å². The van der Waals surface area contributed by atoms with E-state index in [9.17, 15) is 9.18 Å². The predicted molar refractivity (Wildman–Crippen MR) is 66.1 cm³/mol. The highest BCUT2D eigenvalue weighted by molar-refractivity contribution is 6.34. The molecule has 0 saturated carbocycles. The number of hydrogen-bond donors (Lipinski definition) is 0. The highest BCUT2D eigenvalue weighted by Gasteiger charge is 2.20. The van der Waals surface area contributed by atoms with Crippen LogP contribution in [0.5, 0.6) is 0 Å². The minimum atomic E-state index is -0.566. The number of ether oxygens (including phenoxy) is 1. The van der Waals surface area contributed by atoms with Gasteiger partial charge in [0.15, 0.2) is 5.78 Å². The molecule has 0 saturated heterocycles. The summed E-state index contributed by atoms with van der Waals surface area (Å²) in [6.07, 6.45) is 0.846. The van der Waals surface area contributed by atoms with Crippen molar-refractivity contribution in [2.75, 3.05) is 7.11 Å². The monoisotopic (exact) mass is 258 g/mol.